The van der Waals surface area contributed by atoms with Crippen LogP contribution in [0.3, 0.4) is 0 Å². The standard InChI is InChI=1S/C17H19N3O2/c1-4-14-16(11(3)22-19-14)17(21)18-13-6-7-15-12(10-13)8-9-20(15)5-2/h6-10H,4-5H2,1-3H3,(H,18,21). The van der Waals surface area contributed by atoms with Gasteiger partial charge in [0.1, 0.15) is 11.3 Å². The number of fused-ring (bicyclic) bond motifs is 1. The second-order valence-corrected chi connectivity index (χ2v) is 5.24. The fraction of sp³-hybridized carbons (Fsp3) is 0.294. The molecule has 22 heavy (non-hydrogen) atoms. The number of carbonyl (C=O) groups is 1. The van der Waals surface area contributed by atoms with Gasteiger partial charge in [0.2, 0.25) is 0 Å². The lowest BCUT2D eigenvalue weighted by Gasteiger charge is -2.06. The fourth-order valence-corrected chi connectivity index (χ4v) is 2.70. The van der Waals surface area contributed by atoms with E-state index in [-0.39, 0.29) is 5.91 Å². The molecule has 3 rings (SSSR count). The van der Waals surface area contributed by atoms with Crippen LogP contribution in [-0.2, 0) is 13.0 Å². The Bertz CT molecular complexity index is 830. The van der Waals surface area contributed by atoms with Gasteiger partial charge >= 0.3 is 0 Å². The minimum Gasteiger partial charge on any atom is -0.361 e. The molecule has 1 amide bonds. The average molecular weight is 297 g/mol. The minimum atomic E-state index is -0.176. The Hall–Kier alpha value is -2.56. The van der Waals surface area contributed by atoms with Crippen LogP contribution in [0.2, 0.25) is 0 Å². The number of rotatable bonds is 4. The van der Waals surface area contributed by atoms with Gasteiger partial charge in [-0.1, -0.05) is 12.1 Å². The number of hydrogen-bond donors (Lipinski definition) is 1. The van der Waals surface area contributed by atoms with E-state index in [1.165, 1.54) is 0 Å². The van der Waals surface area contributed by atoms with Gasteiger partial charge in [0.25, 0.3) is 5.91 Å². The van der Waals surface area contributed by atoms with E-state index in [0.29, 0.717) is 23.4 Å². The third-order valence-electron chi connectivity index (χ3n) is 3.86. The summed E-state index contributed by atoms with van der Waals surface area (Å²) in [6, 6.07) is 7.97. The first kappa shape index (κ1) is 14.4. The summed E-state index contributed by atoms with van der Waals surface area (Å²) < 4.78 is 7.29. The van der Waals surface area contributed by atoms with Crippen LogP contribution in [0.4, 0.5) is 5.69 Å². The molecule has 0 aliphatic heterocycles. The van der Waals surface area contributed by atoms with E-state index in [4.69, 9.17) is 4.52 Å². The lowest BCUT2D eigenvalue weighted by molar-refractivity contribution is 0.102. The number of nitrogens with one attached hydrogen (secondary N) is 1. The van der Waals surface area contributed by atoms with Gasteiger partial charge in [0, 0.05) is 29.3 Å². The number of hydrogen-bond acceptors (Lipinski definition) is 3. The van der Waals surface area contributed by atoms with Crippen molar-refractivity contribution in [3.8, 4) is 0 Å². The molecule has 0 fully saturated rings. The Labute approximate surface area is 128 Å². The zero-order chi connectivity index (χ0) is 15.7. The number of aryl methyl sites for hydroxylation is 3. The summed E-state index contributed by atoms with van der Waals surface area (Å²) in [5.74, 6) is 0.373. The second-order valence-electron chi connectivity index (χ2n) is 5.24. The minimum absolute atomic E-state index is 0.176. The summed E-state index contributed by atoms with van der Waals surface area (Å²) in [6.07, 6.45) is 2.72. The molecule has 0 saturated carbocycles. The quantitative estimate of drug-likeness (QED) is 0.797. The normalized spacial score (nSPS) is 11.0. The zero-order valence-electron chi connectivity index (χ0n) is 13.0. The molecule has 5 nitrogen and oxygen atoms in total. The van der Waals surface area contributed by atoms with E-state index in [1.807, 2.05) is 25.1 Å². The van der Waals surface area contributed by atoms with Crippen LogP contribution in [0.1, 0.15) is 35.7 Å². The van der Waals surface area contributed by atoms with Crippen molar-refractivity contribution >= 4 is 22.5 Å². The van der Waals surface area contributed by atoms with E-state index >= 15 is 0 Å². The lowest BCUT2D eigenvalue weighted by atomic mass is 10.1. The van der Waals surface area contributed by atoms with Crippen molar-refractivity contribution in [2.45, 2.75) is 33.7 Å². The summed E-state index contributed by atoms with van der Waals surface area (Å²) in [6.45, 7) is 6.74. The average Bonchev–Trinajstić information content (AvgIpc) is 3.09. The van der Waals surface area contributed by atoms with Crippen molar-refractivity contribution in [2.75, 3.05) is 5.32 Å². The van der Waals surface area contributed by atoms with E-state index < -0.39 is 0 Å². The molecular formula is C17H19N3O2. The monoisotopic (exact) mass is 297 g/mol. The van der Waals surface area contributed by atoms with E-state index in [9.17, 15) is 4.79 Å². The first-order valence-electron chi connectivity index (χ1n) is 7.49. The Morgan fingerprint density at radius 1 is 1.32 bits per heavy atom. The second kappa shape index (κ2) is 5.67. The van der Waals surface area contributed by atoms with Gasteiger partial charge in [0.05, 0.1) is 5.69 Å². The van der Waals surface area contributed by atoms with Gasteiger partial charge in [-0.3, -0.25) is 4.79 Å². The van der Waals surface area contributed by atoms with Gasteiger partial charge < -0.3 is 14.4 Å². The van der Waals surface area contributed by atoms with E-state index in [2.05, 4.69) is 34.2 Å². The SMILES string of the molecule is CCc1noc(C)c1C(=O)Nc1ccc2c(ccn2CC)c1. The largest absolute Gasteiger partial charge is 0.361 e. The summed E-state index contributed by atoms with van der Waals surface area (Å²) in [7, 11) is 0. The molecule has 2 aromatic heterocycles. The summed E-state index contributed by atoms with van der Waals surface area (Å²) in [4.78, 5) is 12.5. The first-order valence-corrected chi connectivity index (χ1v) is 7.49. The van der Waals surface area contributed by atoms with Gasteiger partial charge in [-0.2, -0.15) is 0 Å². The van der Waals surface area contributed by atoms with Crippen LogP contribution >= 0.6 is 0 Å². The molecule has 0 radical (unpaired) electrons. The smallest absolute Gasteiger partial charge is 0.261 e. The third-order valence-corrected chi connectivity index (χ3v) is 3.86. The summed E-state index contributed by atoms with van der Waals surface area (Å²) in [5.41, 5.74) is 3.16. The maximum atomic E-state index is 12.5. The molecule has 0 atom stereocenters. The topological polar surface area (TPSA) is 60.1 Å². The summed E-state index contributed by atoms with van der Waals surface area (Å²) in [5, 5.41) is 7.96. The Morgan fingerprint density at radius 3 is 2.86 bits per heavy atom. The number of nitrogens with zero attached hydrogens (tertiary/aromatic N) is 2. The van der Waals surface area contributed by atoms with Gasteiger partial charge in [-0.25, -0.2) is 0 Å². The number of benzene rings is 1. The molecular weight excluding hydrogens is 278 g/mol. The third kappa shape index (κ3) is 2.39. The van der Waals surface area contributed by atoms with Crippen molar-refractivity contribution in [3.05, 3.63) is 47.5 Å². The van der Waals surface area contributed by atoms with E-state index in [1.54, 1.807) is 6.92 Å². The molecule has 2 heterocycles. The molecule has 0 spiro atoms. The summed E-state index contributed by atoms with van der Waals surface area (Å²) >= 11 is 0. The van der Waals surface area contributed by atoms with Crippen LogP contribution in [0.5, 0.6) is 0 Å². The van der Waals surface area contributed by atoms with Gasteiger partial charge in [0.15, 0.2) is 0 Å². The molecule has 3 aromatic rings. The Balaban J connectivity index is 1.89. The van der Waals surface area contributed by atoms with Crippen molar-refractivity contribution in [2.24, 2.45) is 0 Å². The Morgan fingerprint density at radius 2 is 2.14 bits per heavy atom. The molecule has 0 aliphatic carbocycles. The Kier molecular flexibility index (Phi) is 3.71. The van der Waals surface area contributed by atoms with E-state index in [0.717, 1.165) is 23.1 Å². The number of anilines is 1. The first-order chi connectivity index (χ1) is 10.6. The molecule has 0 saturated heterocycles. The van der Waals surface area contributed by atoms with Crippen molar-refractivity contribution in [3.63, 3.8) is 0 Å². The van der Waals surface area contributed by atoms with Crippen LogP contribution in [-0.4, -0.2) is 15.6 Å². The molecule has 0 aliphatic rings. The number of carbonyl (C=O) groups excluding carboxylic acids is 1. The lowest BCUT2D eigenvalue weighted by Crippen LogP contribution is -2.14. The van der Waals surface area contributed by atoms with Crippen LogP contribution < -0.4 is 5.32 Å². The fourth-order valence-electron chi connectivity index (χ4n) is 2.70. The highest BCUT2D eigenvalue weighted by Crippen LogP contribution is 2.22. The number of amides is 1. The maximum absolute atomic E-state index is 12.5. The molecule has 114 valence electrons. The molecule has 1 aromatic carbocycles. The number of aromatic nitrogens is 2. The molecule has 0 unspecified atom stereocenters. The predicted molar refractivity (Wildman–Crippen MR) is 86.2 cm³/mol. The molecule has 5 heteroatoms. The predicted octanol–water partition coefficient (Wildman–Crippen LogP) is 3.77. The highest BCUT2D eigenvalue weighted by atomic mass is 16.5. The van der Waals surface area contributed by atoms with Crippen LogP contribution in [0, 0.1) is 6.92 Å². The van der Waals surface area contributed by atoms with Crippen LogP contribution in [0.25, 0.3) is 10.9 Å². The highest BCUT2D eigenvalue weighted by molar-refractivity contribution is 6.06. The zero-order valence-corrected chi connectivity index (χ0v) is 13.0. The molecule has 0 bridgehead atoms. The van der Waals surface area contributed by atoms with Gasteiger partial charge in [-0.05, 0) is 44.5 Å². The van der Waals surface area contributed by atoms with Crippen LogP contribution in [0.15, 0.2) is 35.0 Å². The van der Waals surface area contributed by atoms with Crippen molar-refractivity contribution in [1.82, 2.24) is 9.72 Å². The maximum Gasteiger partial charge on any atom is 0.261 e. The van der Waals surface area contributed by atoms with Crippen molar-refractivity contribution in [1.29, 1.82) is 0 Å². The highest BCUT2D eigenvalue weighted by Gasteiger charge is 2.19. The van der Waals surface area contributed by atoms with Crippen molar-refractivity contribution < 1.29 is 9.32 Å². The van der Waals surface area contributed by atoms with Gasteiger partial charge in [-0.15, -0.1) is 0 Å². The molecule has 1 N–H and O–H groups in total.